The molecule has 0 saturated heterocycles. The van der Waals surface area contributed by atoms with Crippen LogP contribution in [0.4, 0.5) is 13.9 Å². The summed E-state index contributed by atoms with van der Waals surface area (Å²) >= 11 is 1.49. The predicted molar refractivity (Wildman–Crippen MR) is 79.0 cm³/mol. The summed E-state index contributed by atoms with van der Waals surface area (Å²) in [5, 5.41) is 3.94. The number of ether oxygens (including phenoxy) is 1. The van der Waals surface area contributed by atoms with Crippen LogP contribution < -0.4 is 10.2 Å². The van der Waals surface area contributed by atoms with Gasteiger partial charge >= 0.3 is 0 Å². The molecule has 20 heavy (non-hydrogen) atoms. The number of nitrogens with zero attached hydrogens (tertiary/aromatic N) is 2. The molecule has 0 aliphatic carbocycles. The van der Waals surface area contributed by atoms with E-state index in [1.165, 1.54) is 16.2 Å². The molecule has 1 aromatic heterocycles. The van der Waals surface area contributed by atoms with E-state index in [0.717, 1.165) is 30.0 Å². The standard InChI is InChI=1S/C13H23F2N3OS/c1-4-5-10-11(8-16-6-7-19-3)20-13(17-10)18(2)9-12(14)15/h12,16H,4-9H2,1-3H3. The van der Waals surface area contributed by atoms with Crippen molar-refractivity contribution in [1.82, 2.24) is 10.3 Å². The Morgan fingerprint density at radius 1 is 1.45 bits per heavy atom. The van der Waals surface area contributed by atoms with Crippen LogP contribution >= 0.6 is 11.3 Å². The first-order valence-corrected chi connectivity index (χ1v) is 7.57. The van der Waals surface area contributed by atoms with Gasteiger partial charge in [-0.05, 0) is 6.42 Å². The molecule has 0 amide bonds. The third kappa shape index (κ3) is 5.68. The van der Waals surface area contributed by atoms with Gasteiger partial charge in [-0.15, -0.1) is 11.3 Å². The summed E-state index contributed by atoms with van der Waals surface area (Å²) in [7, 11) is 3.32. The van der Waals surface area contributed by atoms with Crippen LogP contribution in [0.3, 0.4) is 0 Å². The summed E-state index contributed by atoms with van der Waals surface area (Å²) in [6.07, 6.45) is -0.477. The monoisotopic (exact) mass is 307 g/mol. The average Bonchev–Trinajstić information content (AvgIpc) is 2.78. The smallest absolute Gasteiger partial charge is 0.255 e. The maximum absolute atomic E-state index is 12.4. The summed E-state index contributed by atoms with van der Waals surface area (Å²) in [6.45, 7) is 3.93. The number of anilines is 1. The zero-order valence-electron chi connectivity index (χ0n) is 12.3. The Kier molecular flexibility index (Phi) is 7.94. The lowest BCUT2D eigenvalue weighted by Crippen LogP contribution is -2.23. The predicted octanol–water partition coefficient (Wildman–Crippen LogP) is 2.53. The van der Waals surface area contributed by atoms with E-state index in [9.17, 15) is 8.78 Å². The molecule has 1 heterocycles. The molecule has 116 valence electrons. The van der Waals surface area contributed by atoms with Crippen LogP contribution in [-0.2, 0) is 17.7 Å². The fourth-order valence-corrected chi connectivity index (χ4v) is 2.81. The van der Waals surface area contributed by atoms with E-state index in [4.69, 9.17) is 4.74 Å². The van der Waals surface area contributed by atoms with Gasteiger partial charge in [0.25, 0.3) is 6.43 Å². The molecular weight excluding hydrogens is 284 g/mol. The topological polar surface area (TPSA) is 37.4 Å². The Morgan fingerprint density at radius 2 is 2.20 bits per heavy atom. The molecule has 1 rings (SSSR count). The minimum atomic E-state index is -2.35. The van der Waals surface area contributed by atoms with E-state index < -0.39 is 6.43 Å². The number of nitrogens with one attached hydrogen (secondary N) is 1. The first-order valence-electron chi connectivity index (χ1n) is 6.76. The first-order chi connectivity index (χ1) is 9.58. The molecule has 0 aliphatic heterocycles. The van der Waals surface area contributed by atoms with Gasteiger partial charge in [-0.1, -0.05) is 13.3 Å². The quantitative estimate of drug-likeness (QED) is 0.674. The van der Waals surface area contributed by atoms with Crippen LogP contribution in [0.25, 0.3) is 0 Å². The fourth-order valence-electron chi connectivity index (χ4n) is 1.76. The van der Waals surface area contributed by atoms with E-state index in [-0.39, 0.29) is 6.54 Å². The Morgan fingerprint density at radius 3 is 2.80 bits per heavy atom. The summed E-state index contributed by atoms with van der Waals surface area (Å²) in [4.78, 5) is 7.14. The van der Waals surface area contributed by atoms with Crippen LogP contribution in [0.15, 0.2) is 0 Å². The first kappa shape index (κ1) is 17.3. The maximum Gasteiger partial charge on any atom is 0.255 e. The molecule has 4 nitrogen and oxygen atoms in total. The van der Waals surface area contributed by atoms with Gasteiger partial charge in [0.1, 0.15) is 0 Å². The molecule has 0 atom stereocenters. The molecule has 0 bridgehead atoms. The lowest BCUT2D eigenvalue weighted by atomic mass is 10.2. The number of methoxy groups -OCH3 is 1. The zero-order chi connectivity index (χ0) is 15.0. The van der Waals surface area contributed by atoms with Gasteiger partial charge in [0, 0.05) is 32.1 Å². The second kappa shape index (κ2) is 9.20. The van der Waals surface area contributed by atoms with Crippen molar-refractivity contribution in [2.75, 3.05) is 38.8 Å². The molecule has 0 unspecified atom stereocenters. The lowest BCUT2D eigenvalue weighted by Gasteiger charge is -2.14. The number of aromatic nitrogens is 1. The number of hydrogen-bond donors (Lipinski definition) is 1. The Hall–Kier alpha value is -0.790. The van der Waals surface area contributed by atoms with E-state index >= 15 is 0 Å². The van der Waals surface area contributed by atoms with Gasteiger partial charge < -0.3 is 15.0 Å². The Balaban J connectivity index is 2.68. The van der Waals surface area contributed by atoms with Crippen molar-refractivity contribution in [3.63, 3.8) is 0 Å². The number of rotatable bonds is 10. The molecule has 0 aliphatic rings. The zero-order valence-corrected chi connectivity index (χ0v) is 13.1. The highest BCUT2D eigenvalue weighted by Crippen LogP contribution is 2.27. The SMILES string of the molecule is CCCc1nc(N(C)CC(F)F)sc1CNCCOC. The van der Waals surface area contributed by atoms with Crippen LogP contribution in [0, 0.1) is 0 Å². The maximum atomic E-state index is 12.4. The largest absolute Gasteiger partial charge is 0.383 e. The minimum absolute atomic E-state index is 0.282. The number of alkyl halides is 2. The Bertz CT molecular complexity index is 388. The average molecular weight is 307 g/mol. The van der Waals surface area contributed by atoms with Gasteiger partial charge in [-0.25, -0.2) is 13.8 Å². The van der Waals surface area contributed by atoms with Gasteiger partial charge in [-0.3, -0.25) is 0 Å². The molecule has 0 radical (unpaired) electrons. The van der Waals surface area contributed by atoms with Crippen molar-refractivity contribution in [3.05, 3.63) is 10.6 Å². The lowest BCUT2D eigenvalue weighted by molar-refractivity contribution is 0.156. The van der Waals surface area contributed by atoms with Gasteiger partial charge in [-0.2, -0.15) is 0 Å². The van der Waals surface area contributed by atoms with Crippen molar-refractivity contribution >= 4 is 16.5 Å². The Labute approximate surface area is 123 Å². The number of thiazole rings is 1. The van der Waals surface area contributed by atoms with Crippen molar-refractivity contribution < 1.29 is 13.5 Å². The van der Waals surface area contributed by atoms with Crippen LogP contribution in [0.2, 0.25) is 0 Å². The molecule has 0 aromatic carbocycles. The highest BCUT2D eigenvalue weighted by molar-refractivity contribution is 7.15. The molecule has 0 fully saturated rings. The molecule has 1 aromatic rings. The third-order valence-corrected chi connectivity index (χ3v) is 3.97. The highest BCUT2D eigenvalue weighted by atomic mass is 32.1. The third-order valence-electron chi connectivity index (χ3n) is 2.76. The summed E-state index contributed by atoms with van der Waals surface area (Å²) in [6, 6.07) is 0. The minimum Gasteiger partial charge on any atom is -0.383 e. The van der Waals surface area contributed by atoms with E-state index in [0.29, 0.717) is 18.3 Å². The molecule has 0 saturated carbocycles. The normalized spacial score (nSPS) is 11.3. The molecule has 1 N–H and O–H groups in total. The van der Waals surface area contributed by atoms with Crippen molar-refractivity contribution in [3.8, 4) is 0 Å². The van der Waals surface area contributed by atoms with Crippen molar-refractivity contribution in [1.29, 1.82) is 0 Å². The highest BCUT2D eigenvalue weighted by Gasteiger charge is 2.16. The van der Waals surface area contributed by atoms with Crippen LogP contribution in [0.5, 0.6) is 0 Å². The van der Waals surface area contributed by atoms with E-state index in [1.54, 1.807) is 14.2 Å². The fraction of sp³-hybridized carbons (Fsp3) is 0.769. The van der Waals surface area contributed by atoms with Gasteiger partial charge in [0.05, 0.1) is 18.8 Å². The van der Waals surface area contributed by atoms with E-state index in [1.807, 2.05) is 0 Å². The number of halogens is 2. The van der Waals surface area contributed by atoms with Crippen molar-refractivity contribution in [2.24, 2.45) is 0 Å². The number of hydrogen-bond acceptors (Lipinski definition) is 5. The number of aryl methyl sites for hydroxylation is 1. The second-order valence-corrected chi connectivity index (χ2v) is 5.62. The van der Waals surface area contributed by atoms with E-state index in [2.05, 4.69) is 17.2 Å². The van der Waals surface area contributed by atoms with Gasteiger partial charge in [0.2, 0.25) is 0 Å². The summed E-state index contributed by atoms with van der Waals surface area (Å²) in [5.41, 5.74) is 1.01. The summed E-state index contributed by atoms with van der Waals surface area (Å²) < 4.78 is 29.8. The molecule has 0 spiro atoms. The second-order valence-electron chi connectivity index (χ2n) is 4.56. The van der Waals surface area contributed by atoms with Gasteiger partial charge in [0.15, 0.2) is 5.13 Å². The van der Waals surface area contributed by atoms with Crippen LogP contribution in [0.1, 0.15) is 23.9 Å². The van der Waals surface area contributed by atoms with Crippen LogP contribution in [-0.4, -0.2) is 45.3 Å². The molecular formula is C13H23F2N3OS. The molecule has 7 heteroatoms. The summed E-state index contributed by atoms with van der Waals surface area (Å²) in [5.74, 6) is 0. The van der Waals surface area contributed by atoms with Crippen molar-refractivity contribution in [2.45, 2.75) is 32.7 Å².